The lowest BCUT2D eigenvalue weighted by atomic mass is 9.97. The van der Waals surface area contributed by atoms with Gasteiger partial charge in [-0.2, -0.15) is 0 Å². The summed E-state index contributed by atoms with van der Waals surface area (Å²) in [5.41, 5.74) is 9.56. The van der Waals surface area contributed by atoms with E-state index in [9.17, 15) is 4.79 Å². The summed E-state index contributed by atoms with van der Waals surface area (Å²) in [5, 5.41) is 1.55. The highest BCUT2D eigenvalue weighted by Crippen LogP contribution is 2.29. The van der Waals surface area contributed by atoms with Crippen molar-refractivity contribution in [3.05, 3.63) is 64.6 Å². The lowest BCUT2D eigenvalue weighted by Gasteiger charge is -2.09. The summed E-state index contributed by atoms with van der Waals surface area (Å²) in [7, 11) is 0. The molecule has 3 rings (SSSR count). The van der Waals surface area contributed by atoms with E-state index in [0.29, 0.717) is 11.1 Å². The van der Waals surface area contributed by atoms with Crippen molar-refractivity contribution in [1.82, 2.24) is 4.98 Å². The molecule has 0 radical (unpaired) electrons. The number of nitrogens with one attached hydrogen (secondary N) is 1. The predicted octanol–water partition coefficient (Wildman–Crippen LogP) is 3.09. The Kier molecular flexibility index (Phi) is 2.60. The minimum Gasteiger partial charge on any atom is -0.399 e. The Balaban J connectivity index is 2.41. The second-order valence-electron chi connectivity index (χ2n) is 4.65. The standard InChI is InChI=1S/C16H14N2O/c1-10-4-2-3-5-12(10)15-9-18-16(19)14-8-11(17)6-7-13(14)15/h2-9H,17H2,1H3,(H,18,19). The molecule has 3 aromatic rings. The number of H-pyrrole nitrogens is 1. The fraction of sp³-hybridized carbons (Fsp3) is 0.0625. The third kappa shape index (κ3) is 1.89. The maximum absolute atomic E-state index is 11.9. The molecule has 0 aliphatic heterocycles. The minimum atomic E-state index is -0.111. The lowest BCUT2D eigenvalue weighted by molar-refractivity contribution is 1.27. The molecule has 0 saturated heterocycles. The van der Waals surface area contributed by atoms with Crippen LogP contribution in [0.4, 0.5) is 5.69 Å². The number of aryl methyl sites for hydroxylation is 1. The molecule has 0 fully saturated rings. The van der Waals surface area contributed by atoms with E-state index in [1.807, 2.05) is 24.3 Å². The molecular weight excluding hydrogens is 236 g/mol. The number of nitrogen functional groups attached to an aromatic ring is 1. The minimum absolute atomic E-state index is 0.111. The number of aromatic nitrogens is 1. The van der Waals surface area contributed by atoms with E-state index < -0.39 is 0 Å². The smallest absolute Gasteiger partial charge is 0.255 e. The van der Waals surface area contributed by atoms with Gasteiger partial charge in [0.05, 0.1) is 0 Å². The molecule has 94 valence electrons. The van der Waals surface area contributed by atoms with Crippen LogP contribution in [-0.4, -0.2) is 4.98 Å². The quantitative estimate of drug-likeness (QED) is 0.652. The molecule has 19 heavy (non-hydrogen) atoms. The van der Waals surface area contributed by atoms with Gasteiger partial charge in [-0.1, -0.05) is 30.3 Å². The second kappa shape index (κ2) is 4.28. The largest absolute Gasteiger partial charge is 0.399 e. The fourth-order valence-electron chi connectivity index (χ4n) is 2.38. The molecule has 3 heteroatoms. The van der Waals surface area contributed by atoms with Crippen molar-refractivity contribution in [3.8, 4) is 11.1 Å². The Hall–Kier alpha value is -2.55. The number of pyridine rings is 1. The third-order valence-corrected chi connectivity index (χ3v) is 3.36. The Morgan fingerprint density at radius 2 is 1.79 bits per heavy atom. The van der Waals surface area contributed by atoms with Crippen molar-refractivity contribution >= 4 is 16.5 Å². The van der Waals surface area contributed by atoms with E-state index >= 15 is 0 Å². The van der Waals surface area contributed by atoms with Gasteiger partial charge in [-0.05, 0) is 35.6 Å². The van der Waals surface area contributed by atoms with Gasteiger partial charge in [-0.25, -0.2) is 0 Å². The first-order valence-corrected chi connectivity index (χ1v) is 6.14. The number of hydrogen-bond acceptors (Lipinski definition) is 2. The van der Waals surface area contributed by atoms with E-state index in [0.717, 1.165) is 16.5 Å². The molecule has 0 spiro atoms. The van der Waals surface area contributed by atoms with E-state index in [1.54, 1.807) is 12.3 Å². The van der Waals surface area contributed by atoms with Crippen LogP contribution in [0.25, 0.3) is 21.9 Å². The summed E-state index contributed by atoms with van der Waals surface area (Å²) in [6.45, 7) is 2.06. The predicted molar refractivity (Wildman–Crippen MR) is 79.2 cm³/mol. The average molecular weight is 250 g/mol. The Morgan fingerprint density at radius 1 is 1.00 bits per heavy atom. The second-order valence-corrected chi connectivity index (χ2v) is 4.65. The van der Waals surface area contributed by atoms with E-state index in [1.165, 1.54) is 5.56 Å². The molecule has 0 aliphatic carbocycles. The van der Waals surface area contributed by atoms with Gasteiger partial charge in [-0.3, -0.25) is 4.79 Å². The first kappa shape index (κ1) is 11.5. The lowest BCUT2D eigenvalue weighted by Crippen LogP contribution is -2.06. The number of benzene rings is 2. The molecule has 2 aromatic carbocycles. The van der Waals surface area contributed by atoms with E-state index in [-0.39, 0.29) is 5.56 Å². The zero-order chi connectivity index (χ0) is 13.4. The fourth-order valence-corrected chi connectivity index (χ4v) is 2.38. The van der Waals surface area contributed by atoms with Crippen LogP contribution in [0.3, 0.4) is 0 Å². The van der Waals surface area contributed by atoms with Crippen LogP contribution in [0, 0.1) is 6.92 Å². The molecule has 0 amide bonds. The summed E-state index contributed by atoms with van der Waals surface area (Å²) >= 11 is 0. The SMILES string of the molecule is Cc1ccccc1-c1c[nH]c(=O)c2cc(N)ccc12. The number of aromatic amines is 1. The zero-order valence-electron chi connectivity index (χ0n) is 10.6. The summed E-state index contributed by atoms with van der Waals surface area (Å²) in [6, 6.07) is 13.6. The van der Waals surface area contributed by atoms with Gasteiger partial charge >= 0.3 is 0 Å². The molecule has 3 nitrogen and oxygen atoms in total. The first-order chi connectivity index (χ1) is 9.16. The Bertz CT molecular complexity index is 818. The molecule has 0 saturated carbocycles. The highest BCUT2D eigenvalue weighted by molar-refractivity contribution is 5.97. The number of anilines is 1. The van der Waals surface area contributed by atoms with E-state index in [2.05, 4.69) is 24.0 Å². The summed E-state index contributed by atoms with van der Waals surface area (Å²) in [6.07, 6.45) is 1.77. The van der Waals surface area contributed by atoms with Gasteiger partial charge in [0.2, 0.25) is 0 Å². The van der Waals surface area contributed by atoms with Gasteiger partial charge in [0, 0.05) is 22.8 Å². The number of nitrogens with two attached hydrogens (primary N) is 1. The van der Waals surface area contributed by atoms with Crippen LogP contribution in [0.15, 0.2) is 53.5 Å². The highest BCUT2D eigenvalue weighted by atomic mass is 16.1. The maximum Gasteiger partial charge on any atom is 0.255 e. The van der Waals surface area contributed by atoms with Gasteiger partial charge in [0.15, 0.2) is 0 Å². The van der Waals surface area contributed by atoms with Crippen LogP contribution in [-0.2, 0) is 0 Å². The highest BCUT2D eigenvalue weighted by Gasteiger charge is 2.08. The maximum atomic E-state index is 11.9. The number of rotatable bonds is 1. The first-order valence-electron chi connectivity index (χ1n) is 6.14. The van der Waals surface area contributed by atoms with Crippen molar-refractivity contribution in [2.45, 2.75) is 6.92 Å². The van der Waals surface area contributed by atoms with Crippen LogP contribution in [0.1, 0.15) is 5.56 Å². The normalized spacial score (nSPS) is 10.8. The number of fused-ring (bicyclic) bond motifs is 1. The molecule has 0 aliphatic rings. The molecular formula is C16H14N2O. The summed E-state index contributed by atoms with van der Waals surface area (Å²) in [4.78, 5) is 14.7. The zero-order valence-corrected chi connectivity index (χ0v) is 10.6. The topological polar surface area (TPSA) is 58.9 Å². The van der Waals surface area contributed by atoms with Crippen LogP contribution in [0.5, 0.6) is 0 Å². The molecule has 1 aromatic heterocycles. The Labute approximate surface area is 110 Å². The van der Waals surface area contributed by atoms with Crippen LogP contribution in [0.2, 0.25) is 0 Å². The molecule has 0 bridgehead atoms. The third-order valence-electron chi connectivity index (χ3n) is 3.36. The molecule has 1 heterocycles. The Morgan fingerprint density at radius 3 is 2.58 bits per heavy atom. The summed E-state index contributed by atoms with van der Waals surface area (Å²) < 4.78 is 0. The van der Waals surface area contributed by atoms with Gasteiger partial charge in [0.1, 0.15) is 0 Å². The number of hydrogen-bond donors (Lipinski definition) is 2. The average Bonchev–Trinajstić information content (AvgIpc) is 2.41. The van der Waals surface area contributed by atoms with Crippen molar-refractivity contribution in [2.75, 3.05) is 5.73 Å². The molecule has 0 unspecified atom stereocenters. The monoisotopic (exact) mass is 250 g/mol. The van der Waals surface area contributed by atoms with Crippen LogP contribution < -0.4 is 11.3 Å². The van der Waals surface area contributed by atoms with Gasteiger partial charge in [-0.15, -0.1) is 0 Å². The van der Waals surface area contributed by atoms with Gasteiger partial charge < -0.3 is 10.7 Å². The molecule has 3 N–H and O–H groups in total. The van der Waals surface area contributed by atoms with Crippen LogP contribution >= 0.6 is 0 Å². The van der Waals surface area contributed by atoms with Gasteiger partial charge in [0.25, 0.3) is 5.56 Å². The van der Waals surface area contributed by atoms with Crippen molar-refractivity contribution in [1.29, 1.82) is 0 Å². The molecule has 0 atom stereocenters. The van der Waals surface area contributed by atoms with E-state index in [4.69, 9.17) is 5.73 Å². The van der Waals surface area contributed by atoms with Crippen molar-refractivity contribution in [2.24, 2.45) is 0 Å². The summed E-state index contributed by atoms with van der Waals surface area (Å²) in [5.74, 6) is 0. The van der Waals surface area contributed by atoms with Crippen molar-refractivity contribution in [3.63, 3.8) is 0 Å². The van der Waals surface area contributed by atoms with Crippen molar-refractivity contribution < 1.29 is 0 Å².